The van der Waals surface area contributed by atoms with Crippen molar-refractivity contribution in [3.05, 3.63) is 108 Å². The van der Waals surface area contributed by atoms with Crippen LogP contribution in [-0.2, 0) is 4.79 Å². The minimum atomic E-state index is -0.394. The fourth-order valence-electron chi connectivity index (χ4n) is 2.63. The van der Waals surface area contributed by atoms with Gasteiger partial charge in [0.1, 0.15) is 4.99 Å². The number of rotatable bonds is 4. The molecule has 0 aliphatic heterocycles. The van der Waals surface area contributed by atoms with Gasteiger partial charge in [0.15, 0.2) is 0 Å². The zero-order valence-electron chi connectivity index (χ0n) is 13.1. The van der Waals surface area contributed by atoms with E-state index in [9.17, 15) is 4.79 Å². The van der Waals surface area contributed by atoms with E-state index in [4.69, 9.17) is 12.2 Å². The van der Waals surface area contributed by atoms with Crippen molar-refractivity contribution in [2.75, 3.05) is 0 Å². The van der Waals surface area contributed by atoms with Crippen molar-refractivity contribution in [3.63, 3.8) is 0 Å². The predicted octanol–water partition coefficient (Wildman–Crippen LogP) is 4.31. The van der Waals surface area contributed by atoms with Gasteiger partial charge < -0.3 is 5.32 Å². The summed E-state index contributed by atoms with van der Waals surface area (Å²) in [6, 6.07) is 29.0. The van der Waals surface area contributed by atoms with Crippen molar-refractivity contribution in [2.24, 2.45) is 0 Å². The molecule has 0 heterocycles. The second-order valence-electron chi connectivity index (χ2n) is 5.44. The summed E-state index contributed by atoms with van der Waals surface area (Å²) in [5.74, 6) is -0.518. The van der Waals surface area contributed by atoms with Crippen LogP contribution in [0.25, 0.3) is 0 Å². The molecule has 0 aromatic heterocycles. The molecule has 0 spiro atoms. The molecule has 2 nitrogen and oxygen atoms in total. The monoisotopic (exact) mass is 331 g/mol. The molecule has 1 amide bonds. The SMILES string of the molecule is O=C(NC(=S)c1ccccc1)C(c1ccccc1)c1ccccc1. The average Bonchev–Trinajstić information content (AvgIpc) is 2.64. The highest BCUT2D eigenvalue weighted by molar-refractivity contribution is 7.80. The van der Waals surface area contributed by atoms with Crippen LogP contribution in [0.1, 0.15) is 22.6 Å². The van der Waals surface area contributed by atoms with Gasteiger partial charge in [-0.2, -0.15) is 0 Å². The Labute approximate surface area is 147 Å². The van der Waals surface area contributed by atoms with Crippen LogP contribution in [-0.4, -0.2) is 10.9 Å². The maximum Gasteiger partial charge on any atom is 0.237 e. The highest BCUT2D eigenvalue weighted by Gasteiger charge is 2.23. The summed E-state index contributed by atoms with van der Waals surface area (Å²) in [4.78, 5) is 13.4. The number of hydrogen-bond acceptors (Lipinski definition) is 2. The molecule has 0 radical (unpaired) electrons. The second kappa shape index (κ2) is 7.66. The topological polar surface area (TPSA) is 29.1 Å². The lowest BCUT2D eigenvalue weighted by molar-refractivity contribution is -0.120. The van der Waals surface area contributed by atoms with E-state index in [-0.39, 0.29) is 5.91 Å². The number of thiocarbonyl (C=S) groups is 1. The minimum absolute atomic E-state index is 0.124. The lowest BCUT2D eigenvalue weighted by Crippen LogP contribution is -2.34. The standard InChI is InChI=1S/C21H17NOS/c23-20(22-21(24)18-14-8-3-9-15-18)19(16-10-4-1-5-11-16)17-12-6-2-7-13-17/h1-15,19H,(H,22,23,24). The van der Waals surface area contributed by atoms with Crippen molar-refractivity contribution in [3.8, 4) is 0 Å². The van der Waals surface area contributed by atoms with E-state index in [0.29, 0.717) is 4.99 Å². The van der Waals surface area contributed by atoms with Gasteiger partial charge in [0.05, 0.1) is 5.92 Å². The van der Waals surface area contributed by atoms with Gasteiger partial charge in [0.25, 0.3) is 0 Å². The molecular formula is C21H17NOS. The lowest BCUT2D eigenvalue weighted by Gasteiger charge is -2.18. The van der Waals surface area contributed by atoms with Crippen LogP contribution in [0.2, 0.25) is 0 Å². The van der Waals surface area contributed by atoms with Crippen molar-refractivity contribution in [1.82, 2.24) is 5.32 Å². The van der Waals surface area contributed by atoms with E-state index in [2.05, 4.69) is 5.32 Å². The molecule has 3 heteroatoms. The molecule has 24 heavy (non-hydrogen) atoms. The van der Waals surface area contributed by atoms with Crippen molar-refractivity contribution in [1.29, 1.82) is 0 Å². The first-order valence-electron chi connectivity index (χ1n) is 7.76. The fraction of sp³-hybridized carbons (Fsp3) is 0.0476. The zero-order valence-corrected chi connectivity index (χ0v) is 13.9. The molecule has 0 bridgehead atoms. The third-order valence-electron chi connectivity index (χ3n) is 3.80. The summed E-state index contributed by atoms with van der Waals surface area (Å²) in [5, 5.41) is 2.89. The van der Waals surface area contributed by atoms with Crippen LogP contribution >= 0.6 is 12.2 Å². The normalized spacial score (nSPS) is 10.4. The van der Waals surface area contributed by atoms with Crippen LogP contribution in [0, 0.1) is 0 Å². The van der Waals surface area contributed by atoms with Gasteiger partial charge >= 0.3 is 0 Å². The Morgan fingerprint density at radius 3 is 1.58 bits per heavy atom. The number of hydrogen-bond donors (Lipinski definition) is 1. The highest BCUT2D eigenvalue weighted by atomic mass is 32.1. The molecule has 0 saturated heterocycles. The highest BCUT2D eigenvalue weighted by Crippen LogP contribution is 2.24. The first-order valence-corrected chi connectivity index (χ1v) is 8.16. The van der Waals surface area contributed by atoms with Crippen LogP contribution in [0.15, 0.2) is 91.0 Å². The maximum atomic E-state index is 12.9. The number of carbonyl (C=O) groups excluding carboxylic acids is 1. The van der Waals surface area contributed by atoms with Gasteiger partial charge in [0, 0.05) is 5.56 Å². The van der Waals surface area contributed by atoms with Gasteiger partial charge in [-0.25, -0.2) is 0 Å². The van der Waals surface area contributed by atoms with Crippen molar-refractivity contribution in [2.45, 2.75) is 5.92 Å². The molecule has 3 rings (SSSR count). The Bertz CT molecular complexity index is 777. The first-order chi connectivity index (χ1) is 11.8. The molecule has 1 N–H and O–H groups in total. The molecule has 3 aromatic carbocycles. The Morgan fingerprint density at radius 1 is 0.708 bits per heavy atom. The van der Waals surface area contributed by atoms with Gasteiger partial charge in [-0.1, -0.05) is 103 Å². The van der Waals surface area contributed by atoms with Gasteiger partial charge in [-0.05, 0) is 11.1 Å². The van der Waals surface area contributed by atoms with Crippen LogP contribution < -0.4 is 5.32 Å². The predicted molar refractivity (Wildman–Crippen MR) is 101 cm³/mol. The number of nitrogens with one attached hydrogen (secondary N) is 1. The fourth-order valence-corrected chi connectivity index (χ4v) is 2.87. The summed E-state index contributed by atoms with van der Waals surface area (Å²) in [6.07, 6.45) is 0. The minimum Gasteiger partial charge on any atom is -0.316 e. The largest absolute Gasteiger partial charge is 0.316 e. The van der Waals surface area contributed by atoms with E-state index in [0.717, 1.165) is 16.7 Å². The quantitative estimate of drug-likeness (QED) is 0.722. The average molecular weight is 331 g/mol. The first kappa shape index (κ1) is 16.1. The Balaban J connectivity index is 1.89. The van der Waals surface area contributed by atoms with Gasteiger partial charge in [0.2, 0.25) is 5.91 Å². The number of carbonyl (C=O) groups is 1. The maximum absolute atomic E-state index is 12.9. The van der Waals surface area contributed by atoms with E-state index in [1.54, 1.807) is 0 Å². The van der Waals surface area contributed by atoms with Crippen LogP contribution in [0.3, 0.4) is 0 Å². The molecular weight excluding hydrogens is 314 g/mol. The van der Waals surface area contributed by atoms with E-state index in [1.807, 2.05) is 91.0 Å². The molecule has 118 valence electrons. The molecule has 0 saturated carbocycles. The number of amides is 1. The molecule has 0 aliphatic carbocycles. The van der Waals surface area contributed by atoms with Crippen molar-refractivity contribution < 1.29 is 4.79 Å². The van der Waals surface area contributed by atoms with Crippen molar-refractivity contribution >= 4 is 23.1 Å². The van der Waals surface area contributed by atoms with Gasteiger partial charge in [-0.15, -0.1) is 0 Å². The molecule has 0 fully saturated rings. The summed E-state index contributed by atoms with van der Waals surface area (Å²) in [6.45, 7) is 0. The summed E-state index contributed by atoms with van der Waals surface area (Å²) in [5.41, 5.74) is 2.72. The van der Waals surface area contributed by atoms with Crippen LogP contribution in [0.4, 0.5) is 0 Å². The summed E-state index contributed by atoms with van der Waals surface area (Å²) < 4.78 is 0. The molecule has 0 aliphatic rings. The summed E-state index contributed by atoms with van der Waals surface area (Å²) in [7, 11) is 0. The third kappa shape index (κ3) is 3.76. The Morgan fingerprint density at radius 2 is 1.12 bits per heavy atom. The third-order valence-corrected chi connectivity index (χ3v) is 4.14. The Kier molecular flexibility index (Phi) is 5.14. The summed E-state index contributed by atoms with van der Waals surface area (Å²) >= 11 is 5.38. The number of benzene rings is 3. The van der Waals surface area contributed by atoms with E-state index in [1.165, 1.54) is 0 Å². The zero-order chi connectivity index (χ0) is 16.8. The van der Waals surface area contributed by atoms with Gasteiger partial charge in [-0.3, -0.25) is 4.79 Å². The second-order valence-corrected chi connectivity index (χ2v) is 5.85. The van der Waals surface area contributed by atoms with E-state index < -0.39 is 5.92 Å². The Hall–Kier alpha value is -2.78. The molecule has 3 aromatic rings. The van der Waals surface area contributed by atoms with E-state index >= 15 is 0 Å². The lowest BCUT2D eigenvalue weighted by atomic mass is 9.90. The van der Waals surface area contributed by atoms with Crippen LogP contribution in [0.5, 0.6) is 0 Å². The molecule has 0 unspecified atom stereocenters. The smallest absolute Gasteiger partial charge is 0.237 e. The molecule has 0 atom stereocenters.